The molecule has 1 N–H and O–H groups in total. The van der Waals surface area contributed by atoms with Gasteiger partial charge in [0.25, 0.3) is 0 Å². The number of hydrogen-bond acceptors (Lipinski definition) is 3. The third-order valence-electron chi connectivity index (χ3n) is 8.90. The van der Waals surface area contributed by atoms with Gasteiger partial charge in [-0.05, 0) is 73.9 Å². The SMILES string of the molecule is O=C(O)c1ccc2c(c1)nc(-c1ccc3cn(CCC(c4ccccc4)c4ccccc4)nc3c1)n2CCC1=CCCCC1. The van der Waals surface area contributed by atoms with Crippen LogP contribution < -0.4 is 0 Å². The zero-order valence-corrected chi connectivity index (χ0v) is 24.8. The fourth-order valence-corrected chi connectivity index (χ4v) is 6.58. The number of rotatable bonds is 10. The van der Waals surface area contributed by atoms with Gasteiger partial charge in [-0.2, -0.15) is 5.10 Å². The summed E-state index contributed by atoms with van der Waals surface area (Å²) in [5.74, 6) is 0.197. The van der Waals surface area contributed by atoms with Crippen LogP contribution in [0.2, 0.25) is 0 Å². The molecule has 0 radical (unpaired) electrons. The fraction of sp³-hybridized carbons (Fsp3) is 0.237. The van der Waals surface area contributed by atoms with Crippen molar-refractivity contribution in [1.29, 1.82) is 0 Å². The second-order valence-corrected chi connectivity index (χ2v) is 11.8. The number of benzene rings is 4. The number of imidazole rings is 1. The van der Waals surface area contributed by atoms with Crippen molar-refractivity contribution >= 4 is 27.9 Å². The maximum absolute atomic E-state index is 11.7. The molecule has 0 amide bonds. The topological polar surface area (TPSA) is 72.9 Å². The van der Waals surface area contributed by atoms with Crippen LogP contribution in [0.3, 0.4) is 0 Å². The first-order valence-electron chi connectivity index (χ1n) is 15.6. The summed E-state index contributed by atoms with van der Waals surface area (Å²) < 4.78 is 4.31. The van der Waals surface area contributed by atoms with E-state index in [1.165, 1.54) is 29.5 Å². The van der Waals surface area contributed by atoms with E-state index >= 15 is 0 Å². The number of aryl methyl sites for hydroxylation is 2. The summed E-state index contributed by atoms with van der Waals surface area (Å²) in [6.45, 7) is 1.60. The van der Waals surface area contributed by atoms with E-state index in [2.05, 4.69) is 100 Å². The highest BCUT2D eigenvalue weighted by Crippen LogP contribution is 2.31. The number of fused-ring (bicyclic) bond motifs is 2. The molecule has 0 bridgehead atoms. The lowest BCUT2D eigenvalue weighted by Crippen LogP contribution is -2.07. The number of hydrogen-bond donors (Lipinski definition) is 1. The van der Waals surface area contributed by atoms with E-state index in [-0.39, 0.29) is 11.5 Å². The van der Waals surface area contributed by atoms with Crippen molar-refractivity contribution in [3.63, 3.8) is 0 Å². The van der Waals surface area contributed by atoms with Gasteiger partial charge in [0.15, 0.2) is 0 Å². The molecule has 0 aliphatic heterocycles. The predicted octanol–water partition coefficient (Wildman–Crippen LogP) is 8.86. The van der Waals surface area contributed by atoms with Gasteiger partial charge in [0, 0.05) is 36.2 Å². The molecule has 7 rings (SSSR count). The number of carbonyl (C=O) groups is 1. The number of aromatic carboxylic acids is 1. The summed E-state index contributed by atoms with van der Waals surface area (Å²) >= 11 is 0. The van der Waals surface area contributed by atoms with Crippen molar-refractivity contribution in [2.24, 2.45) is 0 Å². The molecule has 220 valence electrons. The standard InChI is InChI=1S/C38H36N4O2/c43-38(44)31-18-19-36-35(25-31)39-37(42(36)23-20-27-10-4-1-5-11-27)30-16-17-32-26-41(40-34(32)24-30)22-21-33(28-12-6-2-7-13-28)29-14-8-3-9-15-29/h2-3,6-10,12-19,24-26,33H,1,4-5,11,20-23H2,(H,43,44). The predicted molar refractivity (Wildman–Crippen MR) is 176 cm³/mol. The smallest absolute Gasteiger partial charge is 0.335 e. The Balaban J connectivity index is 1.19. The second kappa shape index (κ2) is 12.3. The van der Waals surface area contributed by atoms with Crippen LogP contribution >= 0.6 is 0 Å². The van der Waals surface area contributed by atoms with Gasteiger partial charge in [-0.1, -0.05) is 84.4 Å². The Kier molecular flexibility index (Phi) is 7.80. The summed E-state index contributed by atoms with van der Waals surface area (Å²) in [6, 6.07) is 33.0. The van der Waals surface area contributed by atoms with E-state index in [9.17, 15) is 9.90 Å². The van der Waals surface area contributed by atoms with Gasteiger partial charge in [-0.15, -0.1) is 0 Å². The van der Waals surface area contributed by atoms with Crippen LogP contribution in [0.1, 0.15) is 65.9 Å². The molecule has 2 heterocycles. The summed E-state index contributed by atoms with van der Waals surface area (Å²) in [5.41, 5.74) is 7.96. The highest BCUT2D eigenvalue weighted by atomic mass is 16.4. The van der Waals surface area contributed by atoms with Crippen LogP contribution in [0.4, 0.5) is 0 Å². The van der Waals surface area contributed by atoms with E-state index in [0.717, 1.165) is 66.6 Å². The van der Waals surface area contributed by atoms with Crippen LogP contribution in [0.25, 0.3) is 33.3 Å². The molecule has 0 saturated heterocycles. The van der Waals surface area contributed by atoms with Crippen LogP contribution in [-0.4, -0.2) is 30.4 Å². The van der Waals surface area contributed by atoms with Gasteiger partial charge in [-0.3, -0.25) is 4.68 Å². The Bertz CT molecular complexity index is 1910. The molecule has 2 aromatic heterocycles. The van der Waals surface area contributed by atoms with Gasteiger partial charge in [0.2, 0.25) is 0 Å². The zero-order valence-electron chi connectivity index (χ0n) is 24.8. The molecule has 6 nitrogen and oxygen atoms in total. The summed E-state index contributed by atoms with van der Waals surface area (Å²) in [7, 11) is 0. The first-order valence-corrected chi connectivity index (χ1v) is 15.6. The van der Waals surface area contributed by atoms with Crippen molar-refractivity contribution in [2.75, 3.05) is 0 Å². The Morgan fingerprint density at radius 1 is 0.841 bits per heavy atom. The van der Waals surface area contributed by atoms with Crippen LogP contribution in [-0.2, 0) is 13.1 Å². The van der Waals surface area contributed by atoms with E-state index in [4.69, 9.17) is 10.1 Å². The van der Waals surface area contributed by atoms with Crippen molar-refractivity contribution in [2.45, 2.75) is 57.5 Å². The molecule has 0 fully saturated rings. The van der Waals surface area contributed by atoms with Gasteiger partial charge < -0.3 is 9.67 Å². The number of carboxylic acid groups (broad SMARTS) is 1. The molecular weight excluding hydrogens is 544 g/mol. The largest absolute Gasteiger partial charge is 0.478 e. The van der Waals surface area contributed by atoms with Gasteiger partial charge in [0.1, 0.15) is 5.82 Å². The average molecular weight is 581 g/mol. The van der Waals surface area contributed by atoms with Crippen molar-refractivity contribution in [3.8, 4) is 11.4 Å². The minimum atomic E-state index is -0.941. The number of allylic oxidation sites excluding steroid dienone is 2. The highest BCUT2D eigenvalue weighted by molar-refractivity contribution is 5.93. The molecule has 0 spiro atoms. The Hall–Kier alpha value is -4.97. The summed E-state index contributed by atoms with van der Waals surface area (Å²) in [5, 5.41) is 15.7. The summed E-state index contributed by atoms with van der Waals surface area (Å²) in [6.07, 6.45) is 11.3. The number of nitrogens with zero attached hydrogens (tertiary/aromatic N) is 4. The van der Waals surface area contributed by atoms with Crippen LogP contribution in [0.15, 0.2) is 115 Å². The van der Waals surface area contributed by atoms with Crippen LogP contribution in [0.5, 0.6) is 0 Å². The fourth-order valence-electron chi connectivity index (χ4n) is 6.58. The van der Waals surface area contributed by atoms with Gasteiger partial charge in [-0.25, -0.2) is 9.78 Å². The van der Waals surface area contributed by atoms with E-state index in [1.54, 1.807) is 12.1 Å². The van der Waals surface area contributed by atoms with E-state index in [1.807, 2.05) is 6.07 Å². The van der Waals surface area contributed by atoms with Crippen molar-refractivity contribution in [1.82, 2.24) is 19.3 Å². The molecule has 1 aliphatic rings. The number of aromatic nitrogens is 4. The third-order valence-corrected chi connectivity index (χ3v) is 8.90. The Morgan fingerprint density at radius 2 is 1.61 bits per heavy atom. The molecule has 0 saturated carbocycles. The maximum Gasteiger partial charge on any atom is 0.335 e. The molecule has 0 atom stereocenters. The monoisotopic (exact) mass is 580 g/mol. The summed E-state index contributed by atoms with van der Waals surface area (Å²) in [4.78, 5) is 16.7. The van der Waals surface area contributed by atoms with Gasteiger partial charge >= 0.3 is 5.97 Å². The molecule has 6 aromatic rings. The Morgan fingerprint density at radius 3 is 2.32 bits per heavy atom. The molecule has 4 aromatic carbocycles. The first kappa shape index (κ1) is 27.8. The molecule has 1 aliphatic carbocycles. The van der Waals surface area contributed by atoms with E-state index in [0.29, 0.717) is 5.52 Å². The van der Waals surface area contributed by atoms with Crippen molar-refractivity contribution < 1.29 is 9.90 Å². The lowest BCUT2D eigenvalue weighted by molar-refractivity contribution is 0.0697. The lowest BCUT2D eigenvalue weighted by atomic mass is 9.88. The third kappa shape index (κ3) is 5.80. The second-order valence-electron chi connectivity index (χ2n) is 11.8. The molecule has 44 heavy (non-hydrogen) atoms. The minimum Gasteiger partial charge on any atom is -0.478 e. The highest BCUT2D eigenvalue weighted by Gasteiger charge is 2.18. The minimum absolute atomic E-state index is 0.252. The molecular formula is C38H36N4O2. The first-order chi connectivity index (χ1) is 21.6. The van der Waals surface area contributed by atoms with Crippen molar-refractivity contribution in [3.05, 3.63) is 132 Å². The molecule has 0 unspecified atom stereocenters. The average Bonchev–Trinajstić information content (AvgIpc) is 3.65. The normalized spacial score (nSPS) is 13.5. The Labute approximate surface area is 257 Å². The van der Waals surface area contributed by atoms with Crippen LogP contribution in [0, 0.1) is 0 Å². The number of carboxylic acids is 1. The van der Waals surface area contributed by atoms with Gasteiger partial charge in [0.05, 0.1) is 22.1 Å². The maximum atomic E-state index is 11.7. The van der Waals surface area contributed by atoms with E-state index < -0.39 is 5.97 Å². The zero-order chi connectivity index (χ0) is 29.9. The molecule has 6 heteroatoms. The lowest BCUT2D eigenvalue weighted by Gasteiger charge is -2.18. The quantitative estimate of drug-likeness (QED) is 0.164.